The van der Waals surface area contributed by atoms with Crippen molar-refractivity contribution in [2.45, 2.75) is 12.8 Å². The van der Waals surface area contributed by atoms with Crippen molar-refractivity contribution in [3.63, 3.8) is 0 Å². The van der Waals surface area contributed by atoms with Gasteiger partial charge in [-0.25, -0.2) is 4.98 Å². The lowest BCUT2D eigenvalue weighted by Crippen LogP contribution is -2.29. The number of hydrogen-bond acceptors (Lipinski definition) is 3. The summed E-state index contributed by atoms with van der Waals surface area (Å²) in [5.74, 6) is 0.832. The largest absolute Gasteiger partial charge is 0.356 e. The normalized spacial score (nSPS) is 10.8. The fraction of sp³-hybridized carbons (Fsp3) is 0.636. The van der Waals surface area contributed by atoms with Gasteiger partial charge >= 0.3 is 0 Å². The third-order valence-electron chi connectivity index (χ3n) is 2.34. The highest BCUT2D eigenvalue weighted by atomic mass is 16.1. The number of nitrogens with one attached hydrogen (secondary N) is 1. The van der Waals surface area contributed by atoms with Gasteiger partial charge in [0.1, 0.15) is 5.82 Å². The highest BCUT2D eigenvalue weighted by molar-refractivity contribution is 5.77. The predicted octanol–water partition coefficient (Wildman–Crippen LogP) is 0.0305. The molecule has 0 fully saturated rings. The fourth-order valence-electron chi connectivity index (χ4n) is 1.40. The molecular weight excluding hydrogens is 204 g/mol. The van der Waals surface area contributed by atoms with Gasteiger partial charge in [0.05, 0.1) is 6.42 Å². The van der Waals surface area contributed by atoms with Crippen LogP contribution in [0.3, 0.4) is 0 Å². The monoisotopic (exact) mass is 224 g/mol. The van der Waals surface area contributed by atoms with Crippen LogP contribution in [0.2, 0.25) is 0 Å². The van der Waals surface area contributed by atoms with Crippen LogP contribution in [0.4, 0.5) is 0 Å². The molecule has 0 aliphatic heterocycles. The summed E-state index contributed by atoms with van der Waals surface area (Å²) in [4.78, 5) is 17.7. The maximum atomic E-state index is 11.5. The van der Waals surface area contributed by atoms with E-state index < -0.39 is 0 Å². The van der Waals surface area contributed by atoms with Gasteiger partial charge in [0, 0.05) is 26.0 Å². The number of amides is 1. The molecule has 0 aliphatic carbocycles. The van der Waals surface area contributed by atoms with Crippen LogP contribution in [0, 0.1) is 0 Å². The minimum atomic E-state index is 0.0352. The average Bonchev–Trinajstić information content (AvgIpc) is 2.59. The molecule has 0 aromatic carbocycles. The van der Waals surface area contributed by atoms with Crippen molar-refractivity contribution in [3.05, 3.63) is 18.2 Å². The second-order valence-electron chi connectivity index (χ2n) is 4.14. The van der Waals surface area contributed by atoms with Gasteiger partial charge in [-0.15, -0.1) is 0 Å². The number of aryl methyl sites for hydroxylation is 1. The summed E-state index contributed by atoms with van der Waals surface area (Å²) >= 11 is 0. The summed E-state index contributed by atoms with van der Waals surface area (Å²) in [6, 6.07) is 0. The van der Waals surface area contributed by atoms with Gasteiger partial charge in [0.25, 0.3) is 0 Å². The zero-order valence-corrected chi connectivity index (χ0v) is 10.2. The lowest BCUT2D eigenvalue weighted by molar-refractivity contribution is -0.120. The molecule has 5 heteroatoms. The van der Waals surface area contributed by atoms with Crippen LogP contribution in [0.1, 0.15) is 12.2 Å². The van der Waals surface area contributed by atoms with Crippen LogP contribution in [-0.4, -0.2) is 47.5 Å². The van der Waals surface area contributed by atoms with Crippen molar-refractivity contribution in [2.24, 2.45) is 7.05 Å². The maximum Gasteiger partial charge on any atom is 0.227 e. The molecule has 0 saturated carbocycles. The van der Waals surface area contributed by atoms with Crippen molar-refractivity contribution in [3.8, 4) is 0 Å². The molecule has 0 radical (unpaired) electrons. The van der Waals surface area contributed by atoms with Gasteiger partial charge in [-0.1, -0.05) is 0 Å². The standard InChI is InChI=1S/C11H20N4O/c1-14(2)7-4-5-13-11(16)9-10-12-6-8-15(10)3/h6,8H,4-5,7,9H2,1-3H3,(H,13,16). The molecule has 0 bridgehead atoms. The van der Waals surface area contributed by atoms with E-state index in [4.69, 9.17) is 0 Å². The van der Waals surface area contributed by atoms with Crippen molar-refractivity contribution in [1.82, 2.24) is 19.8 Å². The lowest BCUT2D eigenvalue weighted by Gasteiger charge is -2.09. The Bertz CT molecular complexity index is 332. The van der Waals surface area contributed by atoms with E-state index >= 15 is 0 Å². The van der Waals surface area contributed by atoms with Crippen LogP contribution < -0.4 is 5.32 Å². The number of carbonyl (C=O) groups is 1. The van der Waals surface area contributed by atoms with Crippen molar-refractivity contribution in [1.29, 1.82) is 0 Å². The van der Waals surface area contributed by atoms with Crippen LogP contribution in [-0.2, 0) is 18.3 Å². The average molecular weight is 224 g/mol. The van der Waals surface area contributed by atoms with Crippen LogP contribution in [0.25, 0.3) is 0 Å². The van der Waals surface area contributed by atoms with E-state index in [1.165, 1.54) is 0 Å². The highest BCUT2D eigenvalue weighted by Gasteiger charge is 2.06. The molecule has 1 aromatic heterocycles. The number of hydrogen-bond donors (Lipinski definition) is 1. The first-order chi connectivity index (χ1) is 7.59. The first-order valence-electron chi connectivity index (χ1n) is 5.47. The second-order valence-corrected chi connectivity index (χ2v) is 4.14. The Labute approximate surface area is 96.5 Å². The van der Waals surface area contributed by atoms with E-state index in [0.29, 0.717) is 6.42 Å². The molecule has 5 nitrogen and oxygen atoms in total. The highest BCUT2D eigenvalue weighted by Crippen LogP contribution is 1.95. The number of imidazole rings is 1. The van der Waals surface area contributed by atoms with E-state index in [1.54, 1.807) is 6.20 Å². The van der Waals surface area contributed by atoms with Gasteiger partial charge in [-0.2, -0.15) is 0 Å². The first-order valence-corrected chi connectivity index (χ1v) is 5.47. The Hall–Kier alpha value is -1.36. The summed E-state index contributed by atoms with van der Waals surface area (Å²) in [5.41, 5.74) is 0. The molecule has 1 amide bonds. The minimum absolute atomic E-state index is 0.0352. The molecule has 0 aliphatic rings. The summed E-state index contributed by atoms with van der Waals surface area (Å²) in [6.45, 7) is 1.71. The third kappa shape index (κ3) is 4.44. The van der Waals surface area contributed by atoms with E-state index in [0.717, 1.165) is 25.3 Å². The summed E-state index contributed by atoms with van der Waals surface area (Å²) in [7, 11) is 5.94. The lowest BCUT2D eigenvalue weighted by atomic mass is 10.3. The Morgan fingerprint density at radius 1 is 1.56 bits per heavy atom. The number of carbonyl (C=O) groups excluding carboxylic acids is 1. The number of nitrogens with zero attached hydrogens (tertiary/aromatic N) is 3. The molecule has 1 N–H and O–H groups in total. The van der Waals surface area contributed by atoms with Gasteiger partial charge in [-0.3, -0.25) is 4.79 Å². The Morgan fingerprint density at radius 2 is 2.31 bits per heavy atom. The Kier molecular flexibility index (Phi) is 4.98. The molecule has 1 heterocycles. The third-order valence-corrected chi connectivity index (χ3v) is 2.34. The van der Waals surface area contributed by atoms with Gasteiger partial charge < -0.3 is 14.8 Å². The van der Waals surface area contributed by atoms with E-state index in [-0.39, 0.29) is 5.91 Å². The van der Waals surface area contributed by atoms with Crippen molar-refractivity contribution < 1.29 is 4.79 Å². The molecule has 1 rings (SSSR count). The van der Waals surface area contributed by atoms with Crippen LogP contribution >= 0.6 is 0 Å². The number of rotatable bonds is 6. The molecule has 0 unspecified atom stereocenters. The van der Waals surface area contributed by atoms with E-state index in [1.807, 2.05) is 31.9 Å². The van der Waals surface area contributed by atoms with Gasteiger partial charge in [-0.05, 0) is 27.1 Å². The van der Waals surface area contributed by atoms with Crippen LogP contribution in [0.5, 0.6) is 0 Å². The Balaban J connectivity index is 2.19. The first kappa shape index (κ1) is 12.7. The summed E-state index contributed by atoms with van der Waals surface area (Å²) in [5, 5.41) is 2.88. The minimum Gasteiger partial charge on any atom is -0.356 e. The van der Waals surface area contributed by atoms with Crippen molar-refractivity contribution >= 4 is 5.91 Å². The SMILES string of the molecule is CN(C)CCCNC(=O)Cc1nccn1C. The summed E-state index contributed by atoms with van der Waals surface area (Å²) < 4.78 is 1.86. The molecule has 16 heavy (non-hydrogen) atoms. The van der Waals surface area contributed by atoms with Gasteiger partial charge in [0.15, 0.2) is 0 Å². The molecule has 90 valence electrons. The second kappa shape index (κ2) is 6.27. The molecule has 0 spiro atoms. The molecular formula is C11H20N4O. The topological polar surface area (TPSA) is 50.2 Å². The van der Waals surface area contributed by atoms with Crippen molar-refractivity contribution in [2.75, 3.05) is 27.2 Å². The summed E-state index contributed by atoms with van der Waals surface area (Å²) in [6.07, 6.45) is 4.87. The maximum absolute atomic E-state index is 11.5. The molecule has 0 saturated heterocycles. The van der Waals surface area contributed by atoms with Crippen LogP contribution in [0.15, 0.2) is 12.4 Å². The Morgan fingerprint density at radius 3 is 2.88 bits per heavy atom. The molecule has 1 aromatic rings. The molecule has 0 atom stereocenters. The number of aromatic nitrogens is 2. The van der Waals surface area contributed by atoms with E-state index in [2.05, 4.69) is 15.2 Å². The zero-order valence-electron chi connectivity index (χ0n) is 10.2. The van der Waals surface area contributed by atoms with Gasteiger partial charge in [0.2, 0.25) is 5.91 Å². The zero-order chi connectivity index (χ0) is 12.0. The smallest absolute Gasteiger partial charge is 0.227 e. The predicted molar refractivity (Wildman–Crippen MR) is 63.1 cm³/mol. The van der Waals surface area contributed by atoms with E-state index in [9.17, 15) is 4.79 Å². The fourth-order valence-corrected chi connectivity index (χ4v) is 1.40. The quantitative estimate of drug-likeness (QED) is 0.694.